The van der Waals surface area contributed by atoms with Gasteiger partial charge in [0.05, 0.1) is 6.61 Å². The van der Waals surface area contributed by atoms with Gasteiger partial charge in [0.25, 0.3) is 0 Å². The van der Waals surface area contributed by atoms with Gasteiger partial charge in [0, 0.05) is 24.8 Å². The van der Waals surface area contributed by atoms with Crippen molar-refractivity contribution >= 4 is 11.7 Å². The van der Waals surface area contributed by atoms with Gasteiger partial charge in [-0.2, -0.15) is 0 Å². The smallest absolute Gasteiger partial charge is 0.321 e. The summed E-state index contributed by atoms with van der Waals surface area (Å²) in [4.78, 5) is 13.9. The van der Waals surface area contributed by atoms with Gasteiger partial charge in [-0.1, -0.05) is 31.5 Å². The van der Waals surface area contributed by atoms with Crippen molar-refractivity contribution in [3.05, 3.63) is 59.9 Å². The number of nitrogens with zero attached hydrogens (tertiary/aromatic N) is 1. The molecule has 0 aliphatic carbocycles. The fraction of sp³-hybridized carbons (Fsp3) is 0.350. The number of nitrogens with one attached hydrogen (secondary N) is 1. The summed E-state index contributed by atoms with van der Waals surface area (Å²) >= 11 is 0. The van der Waals surface area contributed by atoms with E-state index in [1.54, 1.807) is 41.3 Å². The SMILES string of the molecule is CCCCN(CCO)C(=O)Nc1cccc(OCc2cccc(F)c2)c1. The zero-order valence-corrected chi connectivity index (χ0v) is 15.0. The monoisotopic (exact) mass is 360 g/mol. The van der Waals surface area contributed by atoms with Crippen LogP contribution in [0.4, 0.5) is 14.9 Å². The van der Waals surface area contributed by atoms with E-state index >= 15 is 0 Å². The number of urea groups is 1. The first-order chi connectivity index (χ1) is 12.6. The molecular weight excluding hydrogens is 335 g/mol. The van der Waals surface area contributed by atoms with Crippen LogP contribution in [0.5, 0.6) is 5.75 Å². The van der Waals surface area contributed by atoms with E-state index in [0.717, 1.165) is 18.4 Å². The molecule has 0 aliphatic heterocycles. The summed E-state index contributed by atoms with van der Waals surface area (Å²) in [6, 6.07) is 13.0. The molecule has 2 amide bonds. The standard InChI is InChI=1S/C20H25FN2O3/c1-2-3-10-23(11-12-24)20(25)22-18-8-5-9-19(14-18)26-15-16-6-4-7-17(21)13-16/h4-9,13-14,24H,2-3,10-12,15H2,1H3,(H,22,25). The quantitative estimate of drug-likeness (QED) is 0.710. The van der Waals surface area contributed by atoms with Crippen molar-refractivity contribution < 1.29 is 19.0 Å². The lowest BCUT2D eigenvalue weighted by molar-refractivity contribution is 0.187. The minimum Gasteiger partial charge on any atom is -0.489 e. The molecule has 0 spiro atoms. The Morgan fingerprint density at radius 1 is 1.19 bits per heavy atom. The molecule has 0 heterocycles. The van der Waals surface area contributed by atoms with Crippen molar-refractivity contribution in [2.75, 3.05) is 25.0 Å². The molecule has 2 aromatic rings. The lowest BCUT2D eigenvalue weighted by Gasteiger charge is -2.22. The number of halogens is 1. The number of hydrogen-bond acceptors (Lipinski definition) is 3. The van der Waals surface area contributed by atoms with Crippen molar-refractivity contribution in [2.45, 2.75) is 26.4 Å². The Hall–Kier alpha value is -2.60. The van der Waals surface area contributed by atoms with Gasteiger partial charge in [-0.25, -0.2) is 9.18 Å². The first-order valence-corrected chi connectivity index (χ1v) is 8.76. The highest BCUT2D eigenvalue weighted by Gasteiger charge is 2.12. The number of hydrogen-bond donors (Lipinski definition) is 2. The molecule has 0 fully saturated rings. The van der Waals surface area contributed by atoms with Crippen LogP contribution in [-0.4, -0.2) is 35.7 Å². The zero-order valence-electron chi connectivity index (χ0n) is 15.0. The van der Waals surface area contributed by atoms with Gasteiger partial charge < -0.3 is 20.1 Å². The van der Waals surface area contributed by atoms with E-state index in [2.05, 4.69) is 12.2 Å². The third kappa shape index (κ3) is 6.37. The van der Waals surface area contributed by atoms with E-state index in [-0.39, 0.29) is 25.1 Å². The highest BCUT2D eigenvalue weighted by Crippen LogP contribution is 2.19. The zero-order chi connectivity index (χ0) is 18.8. The summed E-state index contributed by atoms with van der Waals surface area (Å²) in [5, 5.41) is 11.9. The maximum absolute atomic E-state index is 13.2. The highest BCUT2D eigenvalue weighted by molar-refractivity contribution is 5.89. The molecule has 0 saturated heterocycles. The number of rotatable bonds is 9. The molecule has 5 nitrogen and oxygen atoms in total. The Kier molecular flexibility index (Phi) is 7.89. The number of ether oxygens (including phenoxy) is 1. The van der Waals surface area contributed by atoms with E-state index in [1.165, 1.54) is 12.1 Å². The molecule has 140 valence electrons. The third-order valence-electron chi connectivity index (χ3n) is 3.82. The van der Waals surface area contributed by atoms with Gasteiger partial charge in [0.2, 0.25) is 0 Å². The summed E-state index contributed by atoms with van der Waals surface area (Å²) in [5.74, 6) is 0.275. The molecule has 0 radical (unpaired) electrons. The molecule has 2 rings (SSSR count). The van der Waals surface area contributed by atoms with Crippen LogP contribution in [0.2, 0.25) is 0 Å². The van der Waals surface area contributed by atoms with Gasteiger partial charge in [-0.15, -0.1) is 0 Å². The summed E-state index contributed by atoms with van der Waals surface area (Å²) in [6.07, 6.45) is 1.85. The van der Waals surface area contributed by atoms with E-state index in [1.807, 2.05) is 0 Å². The number of anilines is 1. The second-order valence-electron chi connectivity index (χ2n) is 5.94. The summed E-state index contributed by atoms with van der Waals surface area (Å²) < 4.78 is 18.9. The number of benzene rings is 2. The maximum atomic E-state index is 13.2. The average Bonchev–Trinajstić information content (AvgIpc) is 2.64. The van der Waals surface area contributed by atoms with E-state index in [9.17, 15) is 9.18 Å². The second-order valence-corrected chi connectivity index (χ2v) is 5.94. The first-order valence-electron chi connectivity index (χ1n) is 8.76. The van der Waals surface area contributed by atoms with Crippen molar-refractivity contribution in [2.24, 2.45) is 0 Å². The molecule has 0 aromatic heterocycles. The third-order valence-corrected chi connectivity index (χ3v) is 3.82. The Balaban J connectivity index is 1.95. The predicted molar refractivity (Wildman–Crippen MR) is 99.8 cm³/mol. The number of amides is 2. The first kappa shape index (κ1) is 19.7. The van der Waals surface area contributed by atoms with Crippen LogP contribution in [0, 0.1) is 5.82 Å². The van der Waals surface area contributed by atoms with E-state index < -0.39 is 0 Å². The van der Waals surface area contributed by atoms with Crippen LogP contribution in [0.25, 0.3) is 0 Å². The van der Waals surface area contributed by atoms with Gasteiger partial charge in [-0.05, 0) is 36.2 Å². The molecule has 0 saturated carbocycles. The van der Waals surface area contributed by atoms with Crippen molar-refractivity contribution in [3.63, 3.8) is 0 Å². The Morgan fingerprint density at radius 3 is 2.73 bits per heavy atom. The molecule has 2 aromatic carbocycles. The minimum atomic E-state index is -0.303. The lowest BCUT2D eigenvalue weighted by atomic mass is 10.2. The van der Waals surface area contributed by atoms with Crippen LogP contribution in [-0.2, 0) is 6.61 Å². The normalized spacial score (nSPS) is 10.4. The molecule has 26 heavy (non-hydrogen) atoms. The van der Waals surface area contributed by atoms with Crippen LogP contribution in [0.1, 0.15) is 25.3 Å². The van der Waals surface area contributed by atoms with Gasteiger partial charge in [-0.3, -0.25) is 0 Å². The summed E-state index contributed by atoms with van der Waals surface area (Å²) in [5.41, 5.74) is 1.33. The molecule has 0 atom stereocenters. The topological polar surface area (TPSA) is 61.8 Å². The second kappa shape index (κ2) is 10.4. The number of carbonyl (C=O) groups excluding carboxylic acids is 1. The number of aliphatic hydroxyl groups excluding tert-OH is 1. The van der Waals surface area contributed by atoms with Crippen LogP contribution >= 0.6 is 0 Å². The minimum absolute atomic E-state index is 0.0755. The fourth-order valence-corrected chi connectivity index (χ4v) is 2.44. The van der Waals surface area contributed by atoms with E-state index in [0.29, 0.717) is 24.5 Å². The van der Waals surface area contributed by atoms with Crippen LogP contribution < -0.4 is 10.1 Å². The number of aliphatic hydroxyl groups is 1. The van der Waals surface area contributed by atoms with Gasteiger partial charge >= 0.3 is 6.03 Å². The maximum Gasteiger partial charge on any atom is 0.321 e. The molecule has 6 heteroatoms. The van der Waals surface area contributed by atoms with Crippen molar-refractivity contribution in [1.82, 2.24) is 4.90 Å². The fourth-order valence-electron chi connectivity index (χ4n) is 2.44. The molecule has 0 bridgehead atoms. The summed E-state index contributed by atoms with van der Waals surface area (Å²) in [6.45, 7) is 3.10. The van der Waals surface area contributed by atoms with Gasteiger partial charge in [0.15, 0.2) is 0 Å². The number of unbranched alkanes of at least 4 members (excludes halogenated alkanes) is 1. The molecular formula is C20H25FN2O3. The summed E-state index contributed by atoms with van der Waals surface area (Å²) in [7, 11) is 0. The Bertz CT molecular complexity index is 709. The highest BCUT2D eigenvalue weighted by atomic mass is 19.1. The van der Waals surface area contributed by atoms with Crippen LogP contribution in [0.15, 0.2) is 48.5 Å². The van der Waals surface area contributed by atoms with Gasteiger partial charge in [0.1, 0.15) is 18.2 Å². The Labute approximate surface area is 153 Å². The van der Waals surface area contributed by atoms with Crippen molar-refractivity contribution in [1.29, 1.82) is 0 Å². The largest absolute Gasteiger partial charge is 0.489 e. The molecule has 0 aliphatic rings. The lowest BCUT2D eigenvalue weighted by Crippen LogP contribution is -2.37. The van der Waals surface area contributed by atoms with Crippen molar-refractivity contribution in [3.8, 4) is 5.75 Å². The number of carbonyl (C=O) groups is 1. The molecule has 0 unspecified atom stereocenters. The average molecular weight is 360 g/mol. The Morgan fingerprint density at radius 2 is 2.00 bits per heavy atom. The predicted octanol–water partition coefficient (Wildman–Crippen LogP) is 4.03. The van der Waals surface area contributed by atoms with Crippen LogP contribution in [0.3, 0.4) is 0 Å². The van der Waals surface area contributed by atoms with E-state index in [4.69, 9.17) is 9.84 Å². The molecule has 2 N–H and O–H groups in total.